The number of hydrogen-bond donors (Lipinski definition) is 1. The molecule has 0 aliphatic heterocycles. The molecule has 1 heterocycles. The zero-order valence-electron chi connectivity index (χ0n) is 9.28. The van der Waals surface area contributed by atoms with Gasteiger partial charge < -0.3 is 5.32 Å². The molecule has 17 heavy (non-hydrogen) atoms. The number of thiazole rings is 1. The molecule has 1 N–H and O–H groups in total. The second kappa shape index (κ2) is 5.83. The first kappa shape index (κ1) is 12.8. The third-order valence-corrected chi connectivity index (χ3v) is 3.74. The molecular formula is C12H12Cl2N2S. The van der Waals surface area contributed by atoms with Gasteiger partial charge in [-0.2, -0.15) is 0 Å². The van der Waals surface area contributed by atoms with Gasteiger partial charge >= 0.3 is 0 Å². The van der Waals surface area contributed by atoms with E-state index in [0.29, 0.717) is 10.0 Å². The van der Waals surface area contributed by atoms with E-state index >= 15 is 0 Å². The molecule has 0 saturated heterocycles. The van der Waals surface area contributed by atoms with Gasteiger partial charge in [-0.15, -0.1) is 11.3 Å². The SMILES string of the molecule is CNC(Cc1nccs1)c1cc(Cl)cc(Cl)c1. The molecule has 1 atom stereocenters. The van der Waals surface area contributed by atoms with Gasteiger partial charge in [0, 0.05) is 34.1 Å². The topological polar surface area (TPSA) is 24.9 Å². The van der Waals surface area contributed by atoms with Crippen molar-refractivity contribution in [1.29, 1.82) is 0 Å². The van der Waals surface area contributed by atoms with Crippen LogP contribution in [-0.2, 0) is 6.42 Å². The lowest BCUT2D eigenvalue weighted by molar-refractivity contribution is 0.590. The van der Waals surface area contributed by atoms with E-state index in [9.17, 15) is 0 Å². The van der Waals surface area contributed by atoms with Gasteiger partial charge in [0.05, 0.1) is 5.01 Å². The van der Waals surface area contributed by atoms with E-state index in [2.05, 4.69) is 10.3 Å². The largest absolute Gasteiger partial charge is 0.313 e. The summed E-state index contributed by atoms with van der Waals surface area (Å²) in [6.45, 7) is 0. The van der Waals surface area contributed by atoms with E-state index in [1.54, 1.807) is 17.4 Å². The van der Waals surface area contributed by atoms with E-state index in [1.165, 1.54) is 0 Å². The van der Waals surface area contributed by atoms with E-state index in [0.717, 1.165) is 17.0 Å². The minimum absolute atomic E-state index is 0.178. The van der Waals surface area contributed by atoms with Gasteiger partial charge in [0.25, 0.3) is 0 Å². The predicted octanol–water partition coefficient (Wildman–Crippen LogP) is 3.95. The van der Waals surface area contributed by atoms with Crippen LogP contribution < -0.4 is 5.32 Å². The van der Waals surface area contributed by atoms with E-state index in [1.807, 2.05) is 30.8 Å². The lowest BCUT2D eigenvalue weighted by Crippen LogP contribution is -2.18. The second-order valence-electron chi connectivity index (χ2n) is 3.67. The first-order valence-electron chi connectivity index (χ1n) is 5.20. The van der Waals surface area contributed by atoms with Crippen LogP contribution in [0.4, 0.5) is 0 Å². The summed E-state index contributed by atoms with van der Waals surface area (Å²) >= 11 is 13.7. The van der Waals surface area contributed by atoms with Gasteiger partial charge in [-0.3, -0.25) is 0 Å². The third-order valence-electron chi connectivity index (χ3n) is 2.50. The van der Waals surface area contributed by atoms with Crippen LogP contribution in [0.25, 0.3) is 0 Å². The van der Waals surface area contributed by atoms with Gasteiger partial charge in [0.15, 0.2) is 0 Å². The summed E-state index contributed by atoms with van der Waals surface area (Å²) in [5.41, 5.74) is 1.08. The number of benzene rings is 1. The molecule has 0 fully saturated rings. The molecule has 5 heteroatoms. The molecule has 2 nitrogen and oxygen atoms in total. The van der Waals surface area contributed by atoms with Gasteiger partial charge in [-0.25, -0.2) is 4.98 Å². The van der Waals surface area contributed by atoms with Crippen LogP contribution in [0.5, 0.6) is 0 Å². The maximum absolute atomic E-state index is 6.01. The summed E-state index contributed by atoms with van der Waals surface area (Å²) in [5.74, 6) is 0. The van der Waals surface area contributed by atoms with Gasteiger partial charge in [0.1, 0.15) is 0 Å². The van der Waals surface area contributed by atoms with Crippen molar-refractivity contribution in [3.05, 3.63) is 50.4 Å². The molecule has 0 aliphatic rings. The van der Waals surface area contributed by atoms with Crippen molar-refractivity contribution in [1.82, 2.24) is 10.3 Å². The Morgan fingerprint density at radius 3 is 2.53 bits per heavy atom. The molecule has 2 rings (SSSR count). The molecule has 0 bridgehead atoms. The average Bonchev–Trinajstić information content (AvgIpc) is 2.77. The zero-order valence-corrected chi connectivity index (χ0v) is 11.6. The van der Waals surface area contributed by atoms with Crippen molar-refractivity contribution < 1.29 is 0 Å². The summed E-state index contributed by atoms with van der Waals surface area (Å²) < 4.78 is 0. The Labute approximate surface area is 115 Å². The molecule has 1 aromatic heterocycles. The molecule has 0 radical (unpaired) electrons. The molecule has 2 aromatic rings. The Balaban J connectivity index is 2.22. The molecule has 0 aliphatic carbocycles. The van der Waals surface area contributed by atoms with Crippen LogP contribution >= 0.6 is 34.5 Å². The second-order valence-corrected chi connectivity index (χ2v) is 5.53. The highest BCUT2D eigenvalue weighted by Crippen LogP contribution is 2.26. The third kappa shape index (κ3) is 3.42. The van der Waals surface area contributed by atoms with Crippen molar-refractivity contribution in [3.8, 4) is 0 Å². The molecule has 0 amide bonds. The summed E-state index contributed by atoms with van der Waals surface area (Å²) in [5, 5.41) is 7.66. The van der Waals surface area contributed by atoms with Crippen LogP contribution in [0.2, 0.25) is 10.0 Å². The van der Waals surface area contributed by atoms with Crippen LogP contribution in [0.15, 0.2) is 29.8 Å². The van der Waals surface area contributed by atoms with E-state index in [-0.39, 0.29) is 6.04 Å². The fourth-order valence-electron chi connectivity index (χ4n) is 1.69. The summed E-state index contributed by atoms with van der Waals surface area (Å²) in [6, 6.07) is 5.78. The Bertz CT molecular complexity index is 465. The van der Waals surface area contributed by atoms with Crippen molar-refractivity contribution in [2.24, 2.45) is 0 Å². The number of nitrogens with one attached hydrogen (secondary N) is 1. The van der Waals surface area contributed by atoms with Gasteiger partial charge in [-0.05, 0) is 30.8 Å². The fourth-order valence-corrected chi connectivity index (χ4v) is 2.90. The lowest BCUT2D eigenvalue weighted by atomic mass is 10.0. The van der Waals surface area contributed by atoms with Crippen molar-refractivity contribution in [2.45, 2.75) is 12.5 Å². The Morgan fingerprint density at radius 2 is 2.00 bits per heavy atom. The zero-order chi connectivity index (χ0) is 12.3. The number of halogens is 2. The Hall–Kier alpha value is -0.610. The highest BCUT2D eigenvalue weighted by molar-refractivity contribution is 7.09. The van der Waals surface area contributed by atoms with E-state index < -0.39 is 0 Å². The molecule has 90 valence electrons. The van der Waals surface area contributed by atoms with Gasteiger partial charge in [0.2, 0.25) is 0 Å². The maximum Gasteiger partial charge on any atom is 0.0943 e. The summed E-state index contributed by atoms with van der Waals surface area (Å²) in [7, 11) is 1.92. The normalized spacial score (nSPS) is 12.6. The number of likely N-dealkylation sites (N-methyl/N-ethyl adjacent to an activating group) is 1. The number of aromatic nitrogens is 1. The first-order valence-corrected chi connectivity index (χ1v) is 6.84. The number of rotatable bonds is 4. The maximum atomic E-state index is 6.01. The van der Waals surface area contributed by atoms with E-state index in [4.69, 9.17) is 23.2 Å². The van der Waals surface area contributed by atoms with Crippen molar-refractivity contribution in [3.63, 3.8) is 0 Å². The molecule has 1 aromatic carbocycles. The highest BCUT2D eigenvalue weighted by atomic mass is 35.5. The quantitative estimate of drug-likeness (QED) is 0.921. The Kier molecular flexibility index (Phi) is 4.40. The summed E-state index contributed by atoms with van der Waals surface area (Å²) in [4.78, 5) is 4.29. The Morgan fingerprint density at radius 1 is 1.29 bits per heavy atom. The monoisotopic (exact) mass is 286 g/mol. The van der Waals surface area contributed by atoms with Crippen molar-refractivity contribution >= 4 is 34.5 Å². The van der Waals surface area contributed by atoms with Crippen LogP contribution in [-0.4, -0.2) is 12.0 Å². The fraction of sp³-hybridized carbons (Fsp3) is 0.250. The van der Waals surface area contributed by atoms with Crippen molar-refractivity contribution in [2.75, 3.05) is 7.05 Å². The molecule has 1 unspecified atom stereocenters. The predicted molar refractivity (Wildman–Crippen MR) is 74.1 cm³/mol. The van der Waals surface area contributed by atoms with Gasteiger partial charge in [-0.1, -0.05) is 23.2 Å². The minimum Gasteiger partial charge on any atom is -0.313 e. The lowest BCUT2D eigenvalue weighted by Gasteiger charge is -2.16. The number of hydrogen-bond acceptors (Lipinski definition) is 3. The smallest absolute Gasteiger partial charge is 0.0943 e. The minimum atomic E-state index is 0.178. The standard InChI is InChI=1S/C12H12Cl2N2S/c1-15-11(7-12-16-2-3-17-12)8-4-9(13)6-10(14)5-8/h2-6,11,15H,7H2,1H3. The highest BCUT2D eigenvalue weighted by Gasteiger charge is 2.12. The molecule has 0 saturated carbocycles. The number of nitrogens with zero attached hydrogens (tertiary/aromatic N) is 1. The van der Waals surface area contributed by atoms with Crippen LogP contribution in [0, 0.1) is 0 Å². The average molecular weight is 287 g/mol. The van der Waals surface area contributed by atoms with Crippen LogP contribution in [0.3, 0.4) is 0 Å². The van der Waals surface area contributed by atoms with Crippen LogP contribution in [0.1, 0.15) is 16.6 Å². The molecular weight excluding hydrogens is 275 g/mol. The first-order chi connectivity index (χ1) is 8.19. The molecule has 0 spiro atoms. The summed E-state index contributed by atoms with van der Waals surface area (Å²) in [6.07, 6.45) is 2.66.